The first-order valence-electron chi connectivity index (χ1n) is 11.7. The molecule has 0 bridgehead atoms. The molecule has 37 heavy (non-hydrogen) atoms. The monoisotopic (exact) mass is 522 g/mol. The third kappa shape index (κ3) is 12.0. The molecule has 1 aromatic rings. The molecule has 3 amide bonds. The van der Waals surface area contributed by atoms with E-state index in [2.05, 4.69) is 16.0 Å². The number of benzene rings is 1. The average Bonchev–Trinajstić information content (AvgIpc) is 2.80. The van der Waals surface area contributed by atoms with Gasteiger partial charge in [-0.2, -0.15) is 0 Å². The van der Waals surface area contributed by atoms with Gasteiger partial charge in [0, 0.05) is 12.8 Å². The molecule has 13 heteroatoms. The molecule has 0 aliphatic rings. The average molecular weight is 523 g/mol. The van der Waals surface area contributed by atoms with Crippen molar-refractivity contribution in [2.45, 2.75) is 70.1 Å². The van der Waals surface area contributed by atoms with Gasteiger partial charge >= 0.3 is 17.9 Å². The minimum Gasteiger partial charge on any atom is -0.481 e. The molecule has 0 heterocycles. The van der Waals surface area contributed by atoms with Crippen molar-refractivity contribution in [2.75, 3.05) is 0 Å². The van der Waals surface area contributed by atoms with Crippen molar-refractivity contribution in [3.8, 4) is 0 Å². The zero-order valence-electron chi connectivity index (χ0n) is 20.7. The Labute approximate surface area is 213 Å². The normalized spacial score (nSPS) is 14.1. The number of carboxylic acid groups (broad SMARTS) is 3. The van der Waals surface area contributed by atoms with E-state index in [0.717, 1.165) is 0 Å². The summed E-state index contributed by atoms with van der Waals surface area (Å²) in [5.74, 6) is -6.57. The molecule has 0 spiro atoms. The fraction of sp³-hybridized carbons (Fsp3) is 0.500. The Kier molecular flexibility index (Phi) is 12.7. The lowest BCUT2D eigenvalue weighted by Gasteiger charge is -2.25. The summed E-state index contributed by atoms with van der Waals surface area (Å²) >= 11 is 0. The smallest absolute Gasteiger partial charge is 0.326 e. The Bertz CT molecular complexity index is 968. The first-order chi connectivity index (χ1) is 17.3. The largest absolute Gasteiger partial charge is 0.481 e. The first-order valence-corrected chi connectivity index (χ1v) is 11.7. The van der Waals surface area contributed by atoms with Crippen molar-refractivity contribution in [3.05, 3.63) is 35.9 Å². The van der Waals surface area contributed by atoms with Crippen LogP contribution in [0.2, 0.25) is 0 Å². The Morgan fingerprint density at radius 3 is 1.84 bits per heavy atom. The molecule has 4 unspecified atom stereocenters. The highest BCUT2D eigenvalue weighted by Gasteiger charge is 2.31. The number of carboxylic acids is 3. The standard InChI is InChI=1S/C24H34N4O9/c1-13(2)10-18(24(36)37)28-23(35)17(11-14-6-4-3-5-7-14)27-22(34)16(8-9-19(29)30)26-21(33)15(25)12-20(31)32/h3-7,13,15-18H,8-12,25H2,1-2H3,(H,26,33)(H,27,34)(H,28,35)(H,29,30)(H,31,32)(H,36,37). The highest BCUT2D eigenvalue weighted by molar-refractivity contribution is 5.95. The van der Waals surface area contributed by atoms with Crippen LogP contribution in [0.15, 0.2) is 30.3 Å². The molecule has 1 aromatic carbocycles. The minimum atomic E-state index is -1.49. The van der Waals surface area contributed by atoms with Gasteiger partial charge in [0.2, 0.25) is 17.7 Å². The third-order valence-electron chi connectivity index (χ3n) is 5.25. The number of hydrogen-bond acceptors (Lipinski definition) is 7. The van der Waals surface area contributed by atoms with Crippen molar-refractivity contribution < 1.29 is 44.1 Å². The SMILES string of the molecule is CC(C)CC(NC(=O)C(Cc1ccccc1)NC(=O)C(CCC(=O)O)NC(=O)C(N)CC(=O)O)C(=O)O. The Balaban J connectivity index is 3.15. The lowest BCUT2D eigenvalue weighted by atomic mass is 10.0. The predicted molar refractivity (Wildman–Crippen MR) is 130 cm³/mol. The summed E-state index contributed by atoms with van der Waals surface area (Å²) in [6.45, 7) is 3.58. The summed E-state index contributed by atoms with van der Waals surface area (Å²) in [6.07, 6.45) is -1.48. The summed E-state index contributed by atoms with van der Waals surface area (Å²) in [5.41, 5.74) is 6.18. The van der Waals surface area contributed by atoms with Crippen LogP contribution in [0, 0.1) is 5.92 Å². The van der Waals surface area contributed by atoms with Crippen molar-refractivity contribution in [1.29, 1.82) is 0 Å². The third-order valence-corrected chi connectivity index (χ3v) is 5.25. The van der Waals surface area contributed by atoms with Gasteiger partial charge in [-0.1, -0.05) is 44.2 Å². The van der Waals surface area contributed by atoms with E-state index in [0.29, 0.717) is 5.56 Å². The molecule has 0 saturated carbocycles. The van der Waals surface area contributed by atoms with E-state index in [1.807, 2.05) is 0 Å². The van der Waals surface area contributed by atoms with Gasteiger partial charge in [-0.25, -0.2) is 4.79 Å². The van der Waals surface area contributed by atoms with Crippen molar-refractivity contribution in [1.82, 2.24) is 16.0 Å². The van der Waals surface area contributed by atoms with E-state index in [4.69, 9.17) is 15.9 Å². The molecule has 13 nitrogen and oxygen atoms in total. The Morgan fingerprint density at radius 1 is 0.784 bits per heavy atom. The van der Waals surface area contributed by atoms with Crippen LogP contribution in [-0.4, -0.2) is 75.1 Å². The van der Waals surface area contributed by atoms with Crippen LogP contribution in [0.1, 0.15) is 45.1 Å². The van der Waals surface area contributed by atoms with Gasteiger partial charge in [-0.15, -0.1) is 0 Å². The molecule has 0 aromatic heterocycles. The number of nitrogens with two attached hydrogens (primary N) is 1. The molecule has 4 atom stereocenters. The molecular formula is C24H34N4O9. The van der Waals surface area contributed by atoms with Gasteiger partial charge in [-0.3, -0.25) is 24.0 Å². The maximum atomic E-state index is 13.1. The summed E-state index contributed by atoms with van der Waals surface area (Å²) in [6, 6.07) is 3.16. The molecule has 0 fully saturated rings. The maximum Gasteiger partial charge on any atom is 0.326 e. The topological polar surface area (TPSA) is 225 Å². The summed E-state index contributed by atoms with van der Waals surface area (Å²) in [4.78, 5) is 72.0. The Hall–Kier alpha value is -4.00. The van der Waals surface area contributed by atoms with Crippen molar-refractivity contribution in [3.63, 3.8) is 0 Å². The lowest BCUT2D eigenvalue weighted by molar-refractivity contribution is -0.142. The van der Waals surface area contributed by atoms with Crippen molar-refractivity contribution >= 4 is 35.6 Å². The second kappa shape index (κ2) is 15.2. The fourth-order valence-electron chi connectivity index (χ4n) is 3.39. The van der Waals surface area contributed by atoms with Gasteiger partial charge < -0.3 is 37.0 Å². The van der Waals surface area contributed by atoms with Gasteiger partial charge in [-0.05, 0) is 24.3 Å². The molecule has 8 N–H and O–H groups in total. The fourth-order valence-corrected chi connectivity index (χ4v) is 3.39. The summed E-state index contributed by atoms with van der Waals surface area (Å²) in [5, 5.41) is 34.5. The highest BCUT2D eigenvalue weighted by Crippen LogP contribution is 2.09. The number of rotatable bonds is 16. The number of carbonyl (C=O) groups excluding carboxylic acids is 3. The van der Waals surface area contributed by atoms with E-state index in [1.165, 1.54) is 0 Å². The van der Waals surface area contributed by atoms with Gasteiger partial charge in [0.05, 0.1) is 12.5 Å². The van der Waals surface area contributed by atoms with Crippen LogP contribution in [0.25, 0.3) is 0 Å². The first kappa shape index (κ1) is 31.0. The number of hydrogen-bond donors (Lipinski definition) is 7. The number of carbonyl (C=O) groups is 6. The van der Waals surface area contributed by atoms with Gasteiger partial charge in [0.25, 0.3) is 0 Å². The molecule has 0 aliphatic heterocycles. The molecular weight excluding hydrogens is 488 g/mol. The predicted octanol–water partition coefficient (Wildman–Crippen LogP) is -0.519. The quantitative estimate of drug-likeness (QED) is 0.147. The molecule has 204 valence electrons. The van der Waals surface area contributed by atoms with Crippen LogP contribution in [-0.2, 0) is 35.2 Å². The molecule has 0 radical (unpaired) electrons. The van der Waals surface area contributed by atoms with E-state index < -0.39 is 72.6 Å². The van der Waals surface area contributed by atoms with Crippen LogP contribution in [0.3, 0.4) is 0 Å². The van der Waals surface area contributed by atoms with Crippen molar-refractivity contribution in [2.24, 2.45) is 11.7 Å². The van der Waals surface area contributed by atoms with Crippen LogP contribution in [0.4, 0.5) is 0 Å². The molecule has 0 aliphatic carbocycles. The van der Waals surface area contributed by atoms with Crippen LogP contribution < -0.4 is 21.7 Å². The molecule has 0 saturated heterocycles. The Morgan fingerprint density at radius 2 is 1.32 bits per heavy atom. The summed E-state index contributed by atoms with van der Waals surface area (Å²) < 4.78 is 0. The maximum absolute atomic E-state index is 13.1. The number of amides is 3. The zero-order chi connectivity index (χ0) is 28.1. The van der Waals surface area contributed by atoms with E-state index in [9.17, 15) is 33.9 Å². The lowest BCUT2D eigenvalue weighted by Crippen LogP contribution is -2.57. The van der Waals surface area contributed by atoms with E-state index in [1.54, 1.807) is 44.2 Å². The highest BCUT2D eigenvalue weighted by atomic mass is 16.4. The summed E-state index contributed by atoms with van der Waals surface area (Å²) in [7, 11) is 0. The molecule has 1 rings (SSSR count). The minimum absolute atomic E-state index is 0.0233. The van der Waals surface area contributed by atoms with Crippen LogP contribution in [0.5, 0.6) is 0 Å². The number of aliphatic carboxylic acids is 3. The van der Waals surface area contributed by atoms with E-state index in [-0.39, 0.29) is 25.2 Å². The second-order valence-electron chi connectivity index (χ2n) is 8.98. The van der Waals surface area contributed by atoms with Gasteiger partial charge in [0.1, 0.15) is 18.1 Å². The number of nitrogens with one attached hydrogen (secondary N) is 3. The zero-order valence-corrected chi connectivity index (χ0v) is 20.7. The van der Waals surface area contributed by atoms with Gasteiger partial charge in [0.15, 0.2) is 0 Å². The van der Waals surface area contributed by atoms with Crippen LogP contribution >= 0.6 is 0 Å². The van der Waals surface area contributed by atoms with E-state index >= 15 is 0 Å². The second-order valence-corrected chi connectivity index (χ2v) is 8.98.